The van der Waals surface area contributed by atoms with Gasteiger partial charge >= 0.3 is 13.9 Å². The average molecular weight is 792 g/mol. The number of carbonyl (C=O) groups is 2. The van der Waals surface area contributed by atoms with Gasteiger partial charge in [0.25, 0.3) is 5.91 Å². The molecule has 4 aromatic rings. The Kier molecular flexibility index (Phi) is 11.3. The van der Waals surface area contributed by atoms with Crippen LogP contribution in [0, 0.1) is 0 Å². The molecule has 14 heteroatoms. The number of hydrogen-bond donors (Lipinski definition) is 3. The summed E-state index contributed by atoms with van der Waals surface area (Å²) in [6.45, 7) is 9.37. The number of imide groups is 1. The summed E-state index contributed by atoms with van der Waals surface area (Å²) in [5, 5.41) is 13.2. The molecule has 1 fully saturated rings. The van der Waals surface area contributed by atoms with E-state index in [1.807, 2.05) is 125 Å². The van der Waals surface area contributed by atoms with Gasteiger partial charge in [0.2, 0.25) is 6.23 Å². The highest BCUT2D eigenvalue weighted by Crippen LogP contribution is 2.56. The van der Waals surface area contributed by atoms with Crippen molar-refractivity contribution in [2.24, 2.45) is 0 Å². The highest BCUT2D eigenvalue weighted by molar-refractivity contribution is 7.47. The van der Waals surface area contributed by atoms with E-state index in [0.717, 1.165) is 0 Å². The zero-order valence-corrected chi connectivity index (χ0v) is 33.3. The van der Waals surface area contributed by atoms with Gasteiger partial charge in [-0.1, -0.05) is 136 Å². The second-order valence-electron chi connectivity index (χ2n) is 14.8. The third-order valence-electron chi connectivity index (χ3n) is 10.6. The second kappa shape index (κ2) is 15.3. The number of aliphatic hydroxyl groups is 1. The molecule has 2 aliphatic rings. The van der Waals surface area contributed by atoms with Gasteiger partial charge in [-0.25, -0.2) is 14.7 Å². The minimum absolute atomic E-state index is 0.0753. The maximum atomic E-state index is 15.3. The van der Waals surface area contributed by atoms with Crippen LogP contribution in [0.3, 0.4) is 0 Å². The molecule has 0 saturated carbocycles. The lowest BCUT2D eigenvalue weighted by molar-refractivity contribution is -0.900. The predicted molar refractivity (Wildman–Crippen MR) is 207 cm³/mol. The Morgan fingerprint density at radius 2 is 1.33 bits per heavy atom. The Morgan fingerprint density at radius 3 is 1.80 bits per heavy atom. The van der Waals surface area contributed by atoms with E-state index in [9.17, 15) is 19.4 Å². The van der Waals surface area contributed by atoms with Crippen LogP contribution in [0.2, 0.25) is 23.2 Å². The number of amides is 3. The summed E-state index contributed by atoms with van der Waals surface area (Å²) in [5.74, 6) is -0.740. The van der Waals surface area contributed by atoms with Crippen LogP contribution in [0.5, 0.6) is 5.75 Å². The van der Waals surface area contributed by atoms with Crippen LogP contribution in [-0.2, 0) is 28.6 Å². The number of aliphatic hydroxyl groups excluding tert-OH is 1. The molecule has 4 aromatic carbocycles. The number of urea groups is 1. The number of para-hydroxylation sites is 1. The topological polar surface area (TPSA) is 141 Å². The highest BCUT2D eigenvalue weighted by Gasteiger charge is 2.71. The molecule has 0 bridgehead atoms. The predicted octanol–water partition coefficient (Wildman–Crippen LogP) is 7.88. The number of benzene rings is 4. The number of phosphoric acid groups is 1. The maximum absolute atomic E-state index is 15.3. The van der Waals surface area contributed by atoms with Crippen LogP contribution in [0.4, 0.5) is 4.79 Å². The summed E-state index contributed by atoms with van der Waals surface area (Å²) in [6, 6.07) is 33.5. The minimum atomic E-state index is -5.03. The Labute approximate surface area is 321 Å². The molecule has 1 saturated heterocycles. The molecule has 0 radical (unpaired) electrons. The summed E-state index contributed by atoms with van der Waals surface area (Å²) in [5.41, 5.74) is 0.472. The van der Waals surface area contributed by atoms with Crippen LogP contribution in [0.1, 0.15) is 37.5 Å². The van der Waals surface area contributed by atoms with Gasteiger partial charge in [0.05, 0.1) is 17.7 Å². The summed E-state index contributed by atoms with van der Waals surface area (Å²) in [7, 11) is -7.92. The Bertz CT molecular complexity index is 1950. The first-order valence-corrected chi connectivity index (χ1v) is 22.3. The summed E-state index contributed by atoms with van der Waals surface area (Å²) in [6.07, 6.45) is -2.73. The quantitative estimate of drug-likeness (QED) is 0.0566. The lowest BCUT2D eigenvalue weighted by Crippen LogP contribution is -2.74. The number of carbonyl (C=O) groups excluding carboxylic acids is 2. The molecule has 6 atom stereocenters. The minimum Gasteiger partial charge on any atom is -0.403 e. The van der Waals surface area contributed by atoms with E-state index in [1.54, 1.807) is 12.1 Å². The molecule has 0 aliphatic carbocycles. The molecular formula is C40H45ClN2O9PSi+. The summed E-state index contributed by atoms with van der Waals surface area (Å²) < 4.78 is 38.5. The van der Waals surface area contributed by atoms with E-state index in [0.29, 0.717) is 16.7 Å². The SMILES string of the molecule is CC(C)(C)[Si](C)(C)O[C@@H]1[C@H](OP(=O)(O)Oc2ccccc2Cl)[C@@H](CO)O[C@H]1[N+]1(C(c2ccccc2)(c2ccccc2)c2ccccc2)C=CC(=O)NC1=O. The second-order valence-corrected chi connectivity index (χ2v) is 21.3. The first kappa shape index (κ1) is 39.7. The smallest absolute Gasteiger partial charge is 0.403 e. The number of nitrogens with one attached hydrogen (secondary N) is 1. The number of rotatable bonds is 12. The third kappa shape index (κ3) is 7.14. The fourth-order valence-electron chi connectivity index (χ4n) is 7.10. The number of halogens is 1. The van der Waals surface area contributed by atoms with Gasteiger partial charge in [-0.15, -0.1) is 0 Å². The van der Waals surface area contributed by atoms with Crippen molar-refractivity contribution in [2.45, 2.75) is 69.0 Å². The number of phosphoric ester groups is 1. The third-order valence-corrected chi connectivity index (χ3v) is 16.3. The number of quaternary nitrogens is 1. The molecule has 3 amide bonds. The van der Waals surface area contributed by atoms with E-state index in [1.165, 1.54) is 24.4 Å². The first-order chi connectivity index (χ1) is 25.6. The number of hydrogen-bond acceptors (Lipinski definition) is 8. The lowest BCUT2D eigenvalue weighted by Gasteiger charge is -2.53. The van der Waals surface area contributed by atoms with E-state index in [4.69, 9.17) is 29.8 Å². The maximum Gasteiger partial charge on any atom is 0.527 e. The van der Waals surface area contributed by atoms with Crippen molar-refractivity contribution in [3.8, 4) is 5.75 Å². The fraction of sp³-hybridized carbons (Fsp3) is 0.300. The van der Waals surface area contributed by atoms with Gasteiger partial charge in [0, 0.05) is 16.7 Å². The average Bonchev–Trinajstić information content (AvgIpc) is 3.46. The summed E-state index contributed by atoms with van der Waals surface area (Å²) >= 11 is 6.29. The van der Waals surface area contributed by atoms with Gasteiger partial charge in [-0.05, 0) is 30.3 Å². The summed E-state index contributed by atoms with van der Waals surface area (Å²) in [4.78, 5) is 39.7. The van der Waals surface area contributed by atoms with E-state index in [-0.39, 0.29) is 10.8 Å². The molecule has 284 valence electrons. The van der Waals surface area contributed by atoms with Gasteiger partial charge in [0.1, 0.15) is 24.2 Å². The van der Waals surface area contributed by atoms with Crippen molar-refractivity contribution in [2.75, 3.05) is 6.61 Å². The van der Waals surface area contributed by atoms with Crippen molar-refractivity contribution < 1.29 is 46.8 Å². The molecule has 2 aliphatic heterocycles. The molecule has 0 spiro atoms. The Balaban J connectivity index is 1.67. The molecule has 54 heavy (non-hydrogen) atoms. The number of ether oxygens (including phenoxy) is 1. The van der Waals surface area contributed by atoms with E-state index < -0.39 is 74.3 Å². The van der Waals surface area contributed by atoms with Crippen LogP contribution >= 0.6 is 19.4 Å². The van der Waals surface area contributed by atoms with Crippen LogP contribution in [0.15, 0.2) is 128 Å². The van der Waals surface area contributed by atoms with E-state index >= 15 is 4.79 Å². The number of nitrogens with zero attached hydrogens (tertiary/aromatic N) is 1. The fourth-order valence-corrected chi connectivity index (χ4v) is 9.62. The Hall–Kier alpha value is -3.94. The van der Waals surface area contributed by atoms with Crippen molar-refractivity contribution in [1.29, 1.82) is 0 Å². The molecule has 3 N–H and O–H groups in total. The van der Waals surface area contributed by atoms with Crippen LogP contribution < -0.4 is 9.84 Å². The zero-order chi connectivity index (χ0) is 38.9. The lowest BCUT2D eigenvalue weighted by atomic mass is 9.73. The molecule has 0 aromatic heterocycles. The standard InChI is InChI=1S/C40H44ClN2O9PSi/c1-39(2,3)54(4,5)52-36-35(51-53(47,48)50-32-24-16-15-23-31(32)41)33(27-44)49-37(36)43(26-25-34(45)42-38(43)46)40(28-17-9-6-10-18-28,29-19-11-7-12-20-29)30-21-13-8-14-22-30/h6-26,33,35-37,44H,27H2,1-5H3,(H-,42,45,46,47,48)/p+1/t33-,35-,36-,37-,43?/m1/s1. The van der Waals surface area contributed by atoms with Gasteiger partial charge < -0.3 is 18.8 Å². The molecule has 2 unspecified atom stereocenters. The van der Waals surface area contributed by atoms with Crippen molar-refractivity contribution >= 4 is 39.7 Å². The first-order valence-electron chi connectivity index (χ1n) is 17.6. The van der Waals surface area contributed by atoms with Crippen LogP contribution in [0.25, 0.3) is 0 Å². The highest BCUT2D eigenvalue weighted by atomic mass is 35.5. The van der Waals surface area contributed by atoms with Crippen molar-refractivity contribution in [3.63, 3.8) is 0 Å². The molecule has 11 nitrogen and oxygen atoms in total. The zero-order valence-electron chi connectivity index (χ0n) is 30.7. The van der Waals surface area contributed by atoms with Crippen molar-refractivity contribution in [1.82, 2.24) is 5.32 Å². The Morgan fingerprint density at radius 1 is 0.833 bits per heavy atom. The molecule has 2 heterocycles. The van der Waals surface area contributed by atoms with Gasteiger partial charge in [0.15, 0.2) is 20.0 Å². The van der Waals surface area contributed by atoms with Gasteiger partial charge in [-0.2, -0.15) is 4.48 Å². The normalized spacial score (nSPS) is 24.5. The largest absolute Gasteiger partial charge is 0.527 e. The van der Waals surface area contributed by atoms with Crippen LogP contribution in [-0.4, -0.2) is 65.9 Å². The monoisotopic (exact) mass is 791 g/mol. The molecule has 6 rings (SSSR count). The van der Waals surface area contributed by atoms with E-state index in [2.05, 4.69) is 5.32 Å². The molecular weight excluding hydrogens is 747 g/mol. The van der Waals surface area contributed by atoms with Gasteiger partial charge in [-0.3, -0.25) is 14.2 Å². The van der Waals surface area contributed by atoms with Crippen molar-refractivity contribution in [3.05, 3.63) is 149 Å².